The van der Waals surface area contributed by atoms with Crippen molar-refractivity contribution in [2.45, 2.75) is 0 Å². The van der Waals surface area contributed by atoms with Gasteiger partial charge in [0.2, 0.25) is 0 Å². The monoisotopic (exact) mass is 196 g/mol. The zero-order chi connectivity index (χ0) is 8.57. The van der Waals surface area contributed by atoms with Crippen LogP contribution in [0.2, 0.25) is 0 Å². The van der Waals surface area contributed by atoms with Gasteiger partial charge < -0.3 is 19.8 Å². The van der Waals surface area contributed by atoms with Crippen molar-refractivity contribution < 1.29 is 57.5 Å². The van der Waals surface area contributed by atoms with Crippen LogP contribution in [0.5, 0.6) is 0 Å². The van der Waals surface area contributed by atoms with Crippen molar-refractivity contribution in [3.63, 3.8) is 0 Å². The zero-order valence-electron chi connectivity index (χ0n) is 6.94. The van der Waals surface area contributed by atoms with E-state index >= 15 is 0 Å². The van der Waals surface area contributed by atoms with Gasteiger partial charge in [-0.15, -0.1) is 0 Å². The Morgan fingerprint density at radius 1 is 0.917 bits per heavy atom. The molecular weight excluding hydrogens is 190 g/mol. The smallest absolute Gasteiger partial charge is 0.549 e. The van der Waals surface area contributed by atoms with Gasteiger partial charge in [0.1, 0.15) is 0 Å². The van der Waals surface area contributed by atoms with Crippen LogP contribution in [0, 0.1) is 0 Å². The van der Waals surface area contributed by atoms with Crippen molar-refractivity contribution in [1.82, 2.24) is 0 Å². The van der Waals surface area contributed by atoms with Crippen LogP contribution in [0.4, 0.5) is 0 Å². The van der Waals surface area contributed by atoms with E-state index in [0.717, 1.165) is 0 Å². The summed E-state index contributed by atoms with van der Waals surface area (Å²) in [5.41, 5.74) is 0. The molecule has 0 fully saturated rings. The molecule has 0 radical (unpaired) electrons. The summed E-state index contributed by atoms with van der Waals surface area (Å²) in [7, 11) is 0. The molecule has 0 aliphatic carbocycles. The molecule has 0 saturated carbocycles. The van der Waals surface area contributed by atoms with E-state index in [1.54, 1.807) is 0 Å². The van der Waals surface area contributed by atoms with E-state index in [-0.39, 0.29) is 49.2 Å². The van der Waals surface area contributed by atoms with Crippen LogP contribution in [0.25, 0.3) is 0 Å². The van der Waals surface area contributed by atoms with E-state index in [4.69, 9.17) is 0 Å². The third-order valence-electron chi connectivity index (χ3n) is 0.258. The van der Waals surface area contributed by atoms with Gasteiger partial charge in [0.15, 0.2) is 0 Å². The van der Waals surface area contributed by atoms with E-state index < -0.39 is 11.9 Å². The maximum Gasteiger partial charge on any atom is 1.00 e. The van der Waals surface area contributed by atoms with E-state index in [2.05, 4.69) is 25.3 Å². The Morgan fingerprint density at radius 3 is 1.00 bits per heavy atom. The summed E-state index contributed by atoms with van der Waals surface area (Å²) in [5, 5.41) is 18.4. The van der Waals surface area contributed by atoms with E-state index in [9.17, 15) is 19.8 Å². The minimum absolute atomic E-state index is 0. The van der Waals surface area contributed by atoms with Crippen molar-refractivity contribution in [1.29, 1.82) is 0 Å². The van der Waals surface area contributed by atoms with Crippen LogP contribution >= 0.6 is 25.3 Å². The first-order chi connectivity index (χ1) is 4.54. The van der Waals surface area contributed by atoms with Gasteiger partial charge in [-0.3, -0.25) is 0 Å². The van der Waals surface area contributed by atoms with Crippen molar-refractivity contribution in [3.8, 4) is 0 Å². The third-order valence-corrected chi connectivity index (χ3v) is 0.775. The van der Waals surface area contributed by atoms with Gasteiger partial charge in [0.05, 0.1) is 11.9 Å². The third kappa shape index (κ3) is 44.8. The van der Waals surface area contributed by atoms with Gasteiger partial charge in [-0.1, -0.05) is 0 Å². The Morgan fingerprint density at radius 2 is 1.00 bits per heavy atom. The van der Waals surface area contributed by atoms with E-state index in [1.807, 2.05) is 0 Å². The second-order valence-corrected chi connectivity index (χ2v) is 1.69. The molecule has 0 bridgehead atoms. The standard InChI is InChI=1S/2C2H4O2S.2Li/c2*3-2(4)1-5;;/h2*5H,1H2,(H,3,4);;/q;;2*+1/p-2. The summed E-state index contributed by atoms with van der Waals surface area (Å²) in [4.78, 5) is 18.4. The molecule has 0 aromatic heterocycles. The maximum atomic E-state index is 9.18. The van der Waals surface area contributed by atoms with E-state index in [1.165, 1.54) is 0 Å². The molecule has 8 heteroatoms. The summed E-state index contributed by atoms with van der Waals surface area (Å²) in [5.74, 6) is -2.65. The topological polar surface area (TPSA) is 80.3 Å². The fourth-order valence-corrected chi connectivity index (χ4v) is 0. The SMILES string of the molecule is O=C([O-])CS.O=C([O-])CS.[Li+].[Li+]. The molecule has 0 amide bonds. The quantitative estimate of drug-likeness (QED) is 0.339. The average Bonchev–Trinajstić information content (AvgIpc) is 1.89. The van der Waals surface area contributed by atoms with Crippen molar-refractivity contribution in [3.05, 3.63) is 0 Å². The Hall–Kier alpha value is 0.835. The van der Waals surface area contributed by atoms with Crippen LogP contribution in [0.3, 0.4) is 0 Å². The average molecular weight is 196 g/mol. The summed E-state index contributed by atoms with van der Waals surface area (Å²) in [6.45, 7) is 0. The summed E-state index contributed by atoms with van der Waals surface area (Å²) >= 11 is 6.71. The molecular formula is C4H6Li2O4S2. The van der Waals surface area contributed by atoms with Crippen LogP contribution in [-0.4, -0.2) is 23.4 Å². The number of aliphatic carboxylic acids is 2. The number of hydrogen-bond donors (Lipinski definition) is 2. The maximum absolute atomic E-state index is 9.18. The number of carboxylic acid groups (broad SMARTS) is 2. The first-order valence-electron chi connectivity index (χ1n) is 2.16. The van der Waals surface area contributed by atoms with Gasteiger partial charge in [-0.25, -0.2) is 0 Å². The molecule has 0 N–H and O–H groups in total. The fraction of sp³-hybridized carbons (Fsp3) is 0.500. The van der Waals surface area contributed by atoms with Crippen LogP contribution < -0.4 is 47.9 Å². The molecule has 0 aromatic carbocycles. The second kappa shape index (κ2) is 17.8. The molecule has 12 heavy (non-hydrogen) atoms. The minimum atomic E-state index is -1.13. The molecule has 0 heterocycles. The Labute approximate surface area is 106 Å². The Bertz CT molecular complexity index is 108. The first-order valence-corrected chi connectivity index (χ1v) is 3.42. The largest absolute Gasteiger partial charge is 1.00 e. The fourth-order valence-electron chi connectivity index (χ4n) is 0. The van der Waals surface area contributed by atoms with Gasteiger partial charge in [-0.05, 0) is 0 Å². The Kier molecular flexibility index (Phi) is 34.2. The molecule has 4 nitrogen and oxygen atoms in total. The van der Waals surface area contributed by atoms with Crippen molar-refractivity contribution in [2.75, 3.05) is 11.5 Å². The number of carbonyl (C=O) groups is 2. The molecule has 0 atom stereocenters. The van der Waals surface area contributed by atoms with Gasteiger partial charge in [0.25, 0.3) is 0 Å². The van der Waals surface area contributed by atoms with Crippen LogP contribution in [0.1, 0.15) is 0 Å². The Balaban J connectivity index is -0.0000000457. The van der Waals surface area contributed by atoms with Gasteiger partial charge in [-0.2, -0.15) is 25.3 Å². The van der Waals surface area contributed by atoms with Gasteiger partial charge in [0, 0.05) is 11.5 Å². The second-order valence-electron chi connectivity index (χ2n) is 1.06. The number of rotatable bonds is 2. The molecule has 0 aromatic rings. The van der Waals surface area contributed by atoms with Crippen molar-refractivity contribution >= 4 is 37.2 Å². The van der Waals surface area contributed by atoms with Crippen LogP contribution in [-0.2, 0) is 9.59 Å². The predicted octanol–water partition coefficient (Wildman–Crippen LogP) is -8.66. The number of carbonyl (C=O) groups excluding carboxylic acids is 2. The van der Waals surface area contributed by atoms with Crippen LogP contribution in [0.15, 0.2) is 0 Å². The number of carboxylic acids is 2. The number of hydrogen-bond acceptors (Lipinski definition) is 6. The zero-order valence-corrected chi connectivity index (χ0v) is 8.73. The molecule has 0 aliphatic heterocycles. The van der Waals surface area contributed by atoms with E-state index in [0.29, 0.717) is 0 Å². The molecule has 0 saturated heterocycles. The normalized spacial score (nSPS) is 6.17. The minimum Gasteiger partial charge on any atom is -0.549 e. The summed E-state index contributed by atoms with van der Waals surface area (Å²) < 4.78 is 0. The number of thiol groups is 2. The molecule has 0 unspecified atom stereocenters. The van der Waals surface area contributed by atoms with Gasteiger partial charge >= 0.3 is 37.7 Å². The summed E-state index contributed by atoms with van der Waals surface area (Å²) in [6.07, 6.45) is 0. The first kappa shape index (κ1) is 23.0. The molecule has 0 spiro atoms. The molecule has 0 rings (SSSR count). The van der Waals surface area contributed by atoms with Crippen molar-refractivity contribution in [2.24, 2.45) is 0 Å². The summed E-state index contributed by atoms with van der Waals surface area (Å²) in [6, 6.07) is 0. The molecule has 60 valence electrons. The predicted molar refractivity (Wildman–Crippen MR) is 37.7 cm³/mol. The molecule has 0 aliphatic rings.